The second-order valence-corrected chi connectivity index (χ2v) is 7.42. The normalized spacial score (nSPS) is 17.4. The Labute approximate surface area is 153 Å². The van der Waals surface area contributed by atoms with Crippen LogP contribution in [0.5, 0.6) is 5.75 Å². The molecule has 2 N–H and O–H groups in total. The van der Waals surface area contributed by atoms with Gasteiger partial charge in [-0.3, -0.25) is 4.79 Å². The molecule has 2 aromatic carbocycles. The summed E-state index contributed by atoms with van der Waals surface area (Å²) in [6, 6.07) is 16.4. The summed E-state index contributed by atoms with van der Waals surface area (Å²) in [6.45, 7) is 2.06. The molecular formula is C20H24N2O2S. The van der Waals surface area contributed by atoms with E-state index < -0.39 is 0 Å². The average molecular weight is 356 g/mol. The van der Waals surface area contributed by atoms with E-state index in [1.165, 1.54) is 10.5 Å². The quantitative estimate of drug-likeness (QED) is 0.813. The van der Waals surface area contributed by atoms with Crippen molar-refractivity contribution in [3.63, 3.8) is 0 Å². The monoisotopic (exact) mass is 356 g/mol. The fourth-order valence-corrected chi connectivity index (χ4v) is 4.23. The van der Waals surface area contributed by atoms with E-state index in [1.807, 2.05) is 36.0 Å². The van der Waals surface area contributed by atoms with Gasteiger partial charge in [-0.05, 0) is 42.9 Å². The standard InChI is InChI=1S/C20H24N2O2S/c1-14(12-20(23)22-15-6-5-7-16(13-15)24-2)21-18-10-11-25-19-9-4-3-8-17(18)19/h3-9,13-14,18,21H,10-12H2,1-2H3,(H,22,23)/t14-,18-/m1/s1. The van der Waals surface area contributed by atoms with Crippen molar-refractivity contribution in [2.45, 2.75) is 36.7 Å². The number of hydrogen-bond donors (Lipinski definition) is 2. The molecule has 0 radical (unpaired) electrons. The summed E-state index contributed by atoms with van der Waals surface area (Å²) in [5.41, 5.74) is 2.11. The summed E-state index contributed by atoms with van der Waals surface area (Å²) in [4.78, 5) is 13.7. The number of ether oxygens (including phenoxy) is 1. The van der Waals surface area contributed by atoms with Crippen LogP contribution in [-0.4, -0.2) is 24.8 Å². The fourth-order valence-electron chi connectivity index (χ4n) is 3.11. The van der Waals surface area contributed by atoms with Crippen LogP contribution in [0.3, 0.4) is 0 Å². The van der Waals surface area contributed by atoms with Crippen molar-refractivity contribution < 1.29 is 9.53 Å². The van der Waals surface area contributed by atoms with Gasteiger partial charge in [0, 0.05) is 35.2 Å². The van der Waals surface area contributed by atoms with E-state index >= 15 is 0 Å². The number of amides is 1. The van der Waals surface area contributed by atoms with E-state index in [9.17, 15) is 4.79 Å². The molecule has 0 aliphatic carbocycles. The van der Waals surface area contributed by atoms with Crippen molar-refractivity contribution in [2.75, 3.05) is 18.2 Å². The Balaban J connectivity index is 1.56. The average Bonchev–Trinajstić information content (AvgIpc) is 2.62. The Morgan fingerprint density at radius 1 is 1.28 bits per heavy atom. The van der Waals surface area contributed by atoms with Crippen molar-refractivity contribution >= 4 is 23.4 Å². The van der Waals surface area contributed by atoms with Crippen LogP contribution >= 0.6 is 11.8 Å². The van der Waals surface area contributed by atoms with Gasteiger partial charge in [-0.25, -0.2) is 0 Å². The Bertz CT molecular complexity index is 735. The number of hydrogen-bond acceptors (Lipinski definition) is 4. The highest BCUT2D eigenvalue weighted by molar-refractivity contribution is 7.99. The first-order valence-corrected chi connectivity index (χ1v) is 9.56. The van der Waals surface area contributed by atoms with E-state index in [-0.39, 0.29) is 11.9 Å². The predicted molar refractivity (Wildman–Crippen MR) is 103 cm³/mol. The number of rotatable bonds is 6. The van der Waals surface area contributed by atoms with Crippen molar-refractivity contribution in [1.82, 2.24) is 5.32 Å². The molecule has 25 heavy (non-hydrogen) atoms. The van der Waals surface area contributed by atoms with E-state index in [2.05, 4.69) is 41.8 Å². The lowest BCUT2D eigenvalue weighted by atomic mass is 10.0. The molecule has 0 saturated carbocycles. The van der Waals surface area contributed by atoms with Gasteiger partial charge < -0.3 is 15.4 Å². The number of thioether (sulfide) groups is 1. The summed E-state index contributed by atoms with van der Waals surface area (Å²) < 4.78 is 5.19. The van der Waals surface area contributed by atoms with E-state index in [0.717, 1.165) is 23.6 Å². The van der Waals surface area contributed by atoms with Gasteiger partial charge in [0.25, 0.3) is 0 Å². The van der Waals surface area contributed by atoms with Crippen LogP contribution in [0.15, 0.2) is 53.4 Å². The van der Waals surface area contributed by atoms with Crippen LogP contribution in [0, 0.1) is 0 Å². The van der Waals surface area contributed by atoms with Crippen LogP contribution in [0.1, 0.15) is 31.4 Å². The molecule has 0 fully saturated rings. The summed E-state index contributed by atoms with van der Waals surface area (Å²) in [6.07, 6.45) is 1.52. The van der Waals surface area contributed by atoms with Gasteiger partial charge in [0.05, 0.1) is 7.11 Å². The number of fused-ring (bicyclic) bond motifs is 1. The summed E-state index contributed by atoms with van der Waals surface area (Å²) in [5.74, 6) is 1.85. The topological polar surface area (TPSA) is 50.4 Å². The molecule has 0 unspecified atom stereocenters. The number of methoxy groups -OCH3 is 1. The molecule has 3 rings (SSSR count). The Kier molecular flexibility index (Phi) is 6.00. The minimum Gasteiger partial charge on any atom is -0.497 e. The first-order chi connectivity index (χ1) is 12.2. The summed E-state index contributed by atoms with van der Waals surface area (Å²) >= 11 is 1.91. The van der Waals surface area contributed by atoms with E-state index in [1.54, 1.807) is 7.11 Å². The van der Waals surface area contributed by atoms with Crippen LogP contribution < -0.4 is 15.4 Å². The highest BCUT2D eigenvalue weighted by Gasteiger charge is 2.22. The van der Waals surface area contributed by atoms with Crippen LogP contribution in [-0.2, 0) is 4.79 Å². The fraction of sp³-hybridized carbons (Fsp3) is 0.350. The predicted octanol–water partition coefficient (Wildman–Crippen LogP) is 4.24. The number of carbonyl (C=O) groups excluding carboxylic acids is 1. The zero-order valence-electron chi connectivity index (χ0n) is 14.6. The number of carbonyl (C=O) groups is 1. The van der Waals surface area contributed by atoms with Crippen LogP contribution in [0.4, 0.5) is 5.69 Å². The third kappa shape index (κ3) is 4.77. The molecule has 1 aliphatic heterocycles. The minimum atomic E-state index is 0.00622. The molecular weight excluding hydrogens is 332 g/mol. The summed E-state index contributed by atoms with van der Waals surface area (Å²) in [5, 5.41) is 6.56. The maximum atomic E-state index is 12.3. The second-order valence-electron chi connectivity index (χ2n) is 6.28. The van der Waals surface area contributed by atoms with Gasteiger partial charge in [0.1, 0.15) is 5.75 Å². The third-order valence-corrected chi connectivity index (χ3v) is 5.41. The maximum Gasteiger partial charge on any atom is 0.225 e. The molecule has 0 aromatic heterocycles. The van der Waals surface area contributed by atoms with E-state index in [0.29, 0.717) is 12.5 Å². The number of anilines is 1. The van der Waals surface area contributed by atoms with Gasteiger partial charge in [-0.1, -0.05) is 24.3 Å². The first-order valence-electron chi connectivity index (χ1n) is 8.57. The third-order valence-electron chi connectivity index (χ3n) is 4.29. The van der Waals surface area contributed by atoms with Gasteiger partial charge in [-0.2, -0.15) is 0 Å². The van der Waals surface area contributed by atoms with Crippen molar-refractivity contribution in [1.29, 1.82) is 0 Å². The second kappa shape index (κ2) is 8.41. The zero-order valence-corrected chi connectivity index (χ0v) is 15.4. The van der Waals surface area contributed by atoms with Crippen LogP contribution in [0.25, 0.3) is 0 Å². The minimum absolute atomic E-state index is 0.00622. The highest BCUT2D eigenvalue weighted by Crippen LogP contribution is 2.36. The molecule has 5 heteroatoms. The lowest BCUT2D eigenvalue weighted by Gasteiger charge is -2.28. The van der Waals surface area contributed by atoms with Gasteiger partial charge in [0.15, 0.2) is 0 Å². The molecule has 0 spiro atoms. The van der Waals surface area contributed by atoms with Gasteiger partial charge in [0.2, 0.25) is 5.91 Å². The zero-order chi connectivity index (χ0) is 17.6. The Hall–Kier alpha value is -1.98. The lowest BCUT2D eigenvalue weighted by molar-refractivity contribution is -0.116. The Morgan fingerprint density at radius 2 is 2.12 bits per heavy atom. The highest BCUT2D eigenvalue weighted by atomic mass is 32.2. The van der Waals surface area contributed by atoms with Crippen molar-refractivity contribution in [2.24, 2.45) is 0 Å². The Morgan fingerprint density at radius 3 is 2.96 bits per heavy atom. The molecule has 132 valence electrons. The molecule has 1 amide bonds. The lowest BCUT2D eigenvalue weighted by Crippen LogP contribution is -2.35. The number of benzene rings is 2. The molecule has 2 aromatic rings. The summed E-state index contributed by atoms with van der Waals surface area (Å²) in [7, 11) is 1.62. The van der Waals surface area contributed by atoms with Crippen LogP contribution in [0.2, 0.25) is 0 Å². The molecule has 0 saturated heterocycles. The maximum absolute atomic E-state index is 12.3. The SMILES string of the molecule is COc1cccc(NC(=O)C[C@@H](C)N[C@@H]2CCSc3ccccc32)c1. The van der Waals surface area contributed by atoms with Gasteiger partial charge >= 0.3 is 0 Å². The number of nitrogens with one attached hydrogen (secondary N) is 2. The smallest absolute Gasteiger partial charge is 0.225 e. The van der Waals surface area contributed by atoms with E-state index in [4.69, 9.17) is 4.74 Å². The largest absolute Gasteiger partial charge is 0.497 e. The van der Waals surface area contributed by atoms with Crippen molar-refractivity contribution in [3.05, 3.63) is 54.1 Å². The van der Waals surface area contributed by atoms with Gasteiger partial charge in [-0.15, -0.1) is 11.8 Å². The molecule has 1 heterocycles. The molecule has 4 nitrogen and oxygen atoms in total. The molecule has 2 atom stereocenters. The van der Waals surface area contributed by atoms with Crippen molar-refractivity contribution in [3.8, 4) is 5.75 Å². The molecule has 1 aliphatic rings. The molecule has 0 bridgehead atoms. The first kappa shape index (κ1) is 17.8.